The molecule has 0 bridgehead atoms. The predicted molar refractivity (Wildman–Crippen MR) is 95.8 cm³/mol. The molecular weight excluding hydrogens is 369 g/mol. The number of benzene rings is 2. The molecule has 0 aromatic heterocycles. The molecule has 1 N–H and O–H groups in total. The summed E-state index contributed by atoms with van der Waals surface area (Å²) in [5, 5.41) is 2.42. The van der Waals surface area contributed by atoms with Crippen molar-refractivity contribution in [1.82, 2.24) is 10.2 Å². The van der Waals surface area contributed by atoms with E-state index < -0.39 is 36.1 Å². The summed E-state index contributed by atoms with van der Waals surface area (Å²) in [6, 6.07) is 10.9. The molecule has 1 saturated heterocycles. The molecule has 2 aromatic carbocycles. The highest BCUT2D eigenvalue weighted by Gasteiger charge is 2.46. The molecule has 144 valence electrons. The van der Waals surface area contributed by atoms with Gasteiger partial charge in [0.25, 0.3) is 0 Å². The second kappa shape index (κ2) is 7.87. The zero-order chi connectivity index (χ0) is 20.3. The number of carbonyl (C=O) groups excluding carboxylic acids is 4. The van der Waals surface area contributed by atoms with Crippen molar-refractivity contribution < 1.29 is 28.3 Å². The number of carbonyl (C=O) groups is 4. The third-order valence-electron chi connectivity index (χ3n) is 4.12. The molecule has 28 heavy (non-hydrogen) atoms. The van der Waals surface area contributed by atoms with E-state index in [1.54, 1.807) is 6.07 Å². The Labute approximate surface area is 159 Å². The largest absolute Gasteiger partial charge is 0.497 e. The number of hydrogen-bond donors (Lipinski definition) is 1. The van der Waals surface area contributed by atoms with Gasteiger partial charge in [0.1, 0.15) is 18.1 Å². The highest BCUT2D eigenvalue weighted by molar-refractivity contribution is 6.53. The highest BCUT2D eigenvalue weighted by atomic mass is 19.1. The van der Waals surface area contributed by atoms with Gasteiger partial charge in [-0.2, -0.15) is 0 Å². The van der Waals surface area contributed by atoms with E-state index in [4.69, 9.17) is 4.74 Å². The van der Waals surface area contributed by atoms with Crippen molar-refractivity contribution in [2.45, 2.75) is 6.54 Å². The van der Waals surface area contributed by atoms with Crippen LogP contribution in [0.5, 0.6) is 5.75 Å². The molecule has 0 unspecified atom stereocenters. The van der Waals surface area contributed by atoms with E-state index in [1.807, 2.05) is 0 Å². The van der Waals surface area contributed by atoms with Gasteiger partial charge in [0.2, 0.25) is 5.91 Å². The van der Waals surface area contributed by atoms with Gasteiger partial charge in [0.05, 0.1) is 12.8 Å². The van der Waals surface area contributed by atoms with Crippen LogP contribution in [0.4, 0.5) is 14.9 Å². The Balaban J connectivity index is 1.67. The fraction of sp³-hybridized carbons (Fsp3) is 0.158. The van der Waals surface area contributed by atoms with Crippen molar-refractivity contribution >= 4 is 29.4 Å². The molecule has 0 saturated carbocycles. The van der Waals surface area contributed by atoms with Gasteiger partial charge in [-0.3, -0.25) is 14.4 Å². The van der Waals surface area contributed by atoms with Crippen LogP contribution in [0, 0.1) is 5.82 Å². The zero-order valence-corrected chi connectivity index (χ0v) is 14.8. The van der Waals surface area contributed by atoms with Crippen LogP contribution >= 0.6 is 0 Å². The molecule has 1 aliphatic rings. The number of methoxy groups -OCH3 is 1. The van der Waals surface area contributed by atoms with E-state index in [0.717, 1.165) is 0 Å². The normalized spacial score (nSPS) is 13.9. The maximum atomic E-state index is 13.6. The van der Waals surface area contributed by atoms with Crippen molar-refractivity contribution in [2.24, 2.45) is 0 Å². The van der Waals surface area contributed by atoms with E-state index in [0.29, 0.717) is 15.5 Å². The second-order valence-corrected chi connectivity index (χ2v) is 5.88. The fourth-order valence-corrected chi connectivity index (χ4v) is 2.64. The number of amides is 5. The molecule has 8 nitrogen and oxygen atoms in total. The van der Waals surface area contributed by atoms with Gasteiger partial charge >= 0.3 is 17.8 Å². The Morgan fingerprint density at radius 3 is 2.36 bits per heavy atom. The Morgan fingerprint density at radius 1 is 1.04 bits per heavy atom. The lowest BCUT2D eigenvalue weighted by Gasteiger charge is -2.15. The van der Waals surface area contributed by atoms with Crippen LogP contribution in [0.1, 0.15) is 5.56 Å². The van der Waals surface area contributed by atoms with Crippen LogP contribution in [0.3, 0.4) is 0 Å². The maximum Gasteiger partial charge on any atom is 0.339 e. The van der Waals surface area contributed by atoms with Crippen LogP contribution in [0.15, 0.2) is 48.5 Å². The summed E-state index contributed by atoms with van der Waals surface area (Å²) in [4.78, 5) is 50.1. The van der Waals surface area contributed by atoms with Crippen molar-refractivity contribution in [3.63, 3.8) is 0 Å². The number of anilines is 1. The van der Waals surface area contributed by atoms with Gasteiger partial charge in [0, 0.05) is 12.1 Å². The van der Waals surface area contributed by atoms with Gasteiger partial charge < -0.3 is 10.1 Å². The molecule has 1 heterocycles. The third kappa shape index (κ3) is 3.68. The zero-order valence-electron chi connectivity index (χ0n) is 14.8. The van der Waals surface area contributed by atoms with Crippen LogP contribution < -0.4 is 15.0 Å². The average molecular weight is 385 g/mol. The lowest BCUT2D eigenvalue weighted by molar-refractivity contribution is -0.140. The van der Waals surface area contributed by atoms with Gasteiger partial charge in [-0.25, -0.2) is 19.0 Å². The van der Waals surface area contributed by atoms with E-state index in [2.05, 4.69) is 5.32 Å². The molecule has 9 heteroatoms. The minimum atomic E-state index is -1.11. The maximum absolute atomic E-state index is 13.6. The Morgan fingerprint density at radius 2 is 1.71 bits per heavy atom. The average Bonchev–Trinajstić information content (AvgIpc) is 2.91. The summed E-state index contributed by atoms with van der Waals surface area (Å²) in [5.41, 5.74) is 0.435. The first-order chi connectivity index (χ1) is 13.4. The van der Waals surface area contributed by atoms with E-state index in [1.165, 1.54) is 49.6 Å². The van der Waals surface area contributed by atoms with E-state index >= 15 is 0 Å². The molecule has 0 aliphatic carbocycles. The minimum absolute atomic E-state index is 0.113. The number of urea groups is 1. The SMILES string of the molecule is COc1ccc(N2C(=O)C(=O)N(CC(=O)NCc3ccccc3F)C2=O)cc1. The molecule has 5 amide bonds. The molecule has 0 radical (unpaired) electrons. The summed E-state index contributed by atoms with van der Waals surface area (Å²) in [7, 11) is 1.46. The summed E-state index contributed by atoms with van der Waals surface area (Å²) in [6.07, 6.45) is 0. The van der Waals surface area contributed by atoms with Gasteiger partial charge in [-0.15, -0.1) is 0 Å². The molecule has 3 rings (SSSR count). The first-order valence-electron chi connectivity index (χ1n) is 8.26. The van der Waals surface area contributed by atoms with Gasteiger partial charge in [0.15, 0.2) is 0 Å². The van der Waals surface area contributed by atoms with E-state index in [9.17, 15) is 23.6 Å². The summed E-state index contributed by atoms with van der Waals surface area (Å²) >= 11 is 0. The monoisotopic (exact) mass is 385 g/mol. The van der Waals surface area contributed by atoms with Gasteiger partial charge in [-0.05, 0) is 30.3 Å². The third-order valence-corrected chi connectivity index (χ3v) is 4.12. The number of halogens is 1. The lowest BCUT2D eigenvalue weighted by atomic mass is 10.2. The van der Waals surface area contributed by atoms with Crippen molar-refractivity contribution in [3.8, 4) is 5.75 Å². The predicted octanol–water partition coefficient (Wildman–Crippen LogP) is 1.45. The lowest BCUT2D eigenvalue weighted by Crippen LogP contribution is -2.41. The first kappa shape index (κ1) is 19.0. The number of rotatable bonds is 6. The van der Waals surface area contributed by atoms with Crippen molar-refractivity contribution in [3.05, 3.63) is 59.9 Å². The van der Waals surface area contributed by atoms with Crippen LogP contribution in [-0.4, -0.2) is 42.3 Å². The van der Waals surface area contributed by atoms with Crippen LogP contribution in [-0.2, 0) is 20.9 Å². The number of imide groups is 2. The summed E-state index contributed by atoms with van der Waals surface area (Å²) < 4.78 is 18.6. The van der Waals surface area contributed by atoms with Crippen LogP contribution in [0.2, 0.25) is 0 Å². The Bertz CT molecular complexity index is 945. The van der Waals surface area contributed by atoms with Crippen LogP contribution in [0.25, 0.3) is 0 Å². The summed E-state index contributed by atoms with van der Waals surface area (Å²) in [5.74, 6) is -2.84. The summed E-state index contributed by atoms with van der Waals surface area (Å²) in [6.45, 7) is -0.762. The molecule has 1 aliphatic heterocycles. The number of nitrogens with one attached hydrogen (secondary N) is 1. The molecule has 0 spiro atoms. The number of ether oxygens (including phenoxy) is 1. The number of hydrogen-bond acceptors (Lipinski definition) is 5. The molecule has 2 aromatic rings. The molecular formula is C19H16FN3O5. The molecule has 1 fully saturated rings. The first-order valence-corrected chi connectivity index (χ1v) is 8.26. The Kier molecular flexibility index (Phi) is 5.35. The second-order valence-electron chi connectivity index (χ2n) is 5.88. The number of nitrogens with zero attached hydrogens (tertiary/aromatic N) is 2. The quantitative estimate of drug-likeness (QED) is 0.600. The molecule has 0 atom stereocenters. The van der Waals surface area contributed by atoms with Crippen molar-refractivity contribution in [1.29, 1.82) is 0 Å². The standard InChI is InChI=1S/C19H16FN3O5/c1-28-14-8-6-13(7-9-14)23-18(26)17(25)22(19(23)27)11-16(24)21-10-12-4-2-3-5-15(12)20/h2-9H,10-11H2,1H3,(H,21,24). The topological polar surface area (TPSA) is 96.0 Å². The highest BCUT2D eigenvalue weighted by Crippen LogP contribution is 2.24. The van der Waals surface area contributed by atoms with E-state index in [-0.39, 0.29) is 17.8 Å². The van der Waals surface area contributed by atoms with Crippen molar-refractivity contribution in [2.75, 3.05) is 18.6 Å². The Hall–Kier alpha value is -3.75. The minimum Gasteiger partial charge on any atom is -0.497 e. The fourth-order valence-electron chi connectivity index (χ4n) is 2.64. The van der Waals surface area contributed by atoms with Gasteiger partial charge in [-0.1, -0.05) is 18.2 Å². The smallest absolute Gasteiger partial charge is 0.339 e.